The van der Waals surface area contributed by atoms with Crippen LogP contribution in [0.2, 0.25) is 0 Å². The van der Waals surface area contributed by atoms with E-state index in [9.17, 15) is 4.79 Å². The maximum Gasteiger partial charge on any atom is 0.249 e. The van der Waals surface area contributed by atoms with Crippen LogP contribution in [-0.2, 0) is 4.79 Å². The smallest absolute Gasteiger partial charge is 0.249 e. The van der Waals surface area contributed by atoms with Crippen molar-refractivity contribution < 1.29 is 4.79 Å². The lowest BCUT2D eigenvalue weighted by Crippen LogP contribution is -2.36. The molecule has 0 aromatic rings. The maximum atomic E-state index is 12.0. The van der Waals surface area contributed by atoms with Crippen LogP contribution in [0.1, 0.15) is 32.1 Å². The zero-order valence-electron chi connectivity index (χ0n) is 8.84. The summed E-state index contributed by atoms with van der Waals surface area (Å²) in [6.45, 7) is 1.85. The highest BCUT2D eigenvalue weighted by molar-refractivity contribution is 6.29. The van der Waals surface area contributed by atoms with E-state index >= 15 is 0 Å². The molecule has 0 aromatic heterocycles. The van der Waals surface area contributed by atoms with Gasteiger partial charge in [-0.2, -0.15) is 0 Å². The first-order chi connectivity index (χ1) is 7.27. The first-order valence-corrected chi connectivity index (χ1v) is 5.99. The largest absolute Gasteiger partial charge is 0.339 e. The van der Waals surface area contributed by atoms with Gasteiger partial charge < -0.3 is 4.90 Å². The van der Waals surface area contributed by atoms with E-state index in [-0.39, 0.29) is 5.91 Å². The molecule has 2 rings (SSSR count). The van der Waals surface area contributed by atoms with Gasteiger partial charge in [0.2, 0.25) is 5.91 Å². The molecular weight excluding hydrogens is 210 g/mol. The number of carbonyl (C=O) groups excluding carboxylic acids is 1. The summed E-state index contributed by atoms with van der Waals surface area (Å²) in [7, 11) is 0. The highest BCUT2D eigenvalue weighted by Crippen LogP contribution is 2.23. The van der Waals surface area contributed by atoms with E-state index in [2.05, 4.69) is 0 Å². The third-order valence-electron chi connectivity index (χ3n) is 3.02. The first-order valence-electron chi connectivity index (χ1n) is 5.62. The molecule has 0 N–H and O–H groups in total. The van der Waals surface area contributed by atoms with Gasteiger partial charge in [0.05, 0.1) is 0 Å². The van der Waals surface area contributed by atoms with E-state index < -0.39 is 0 Å². The van der Waals surface area contributed by atoms with Crippen LogP contribution < -0.4 is 0 Å². The molecule has 82 valence electrons. The summed E-state index contributed by atoms with van der Waals surface area (Å²) >= 11 is 5.86. The predicted molar refractivity (Wildman–Crippen MR) is 61.7 cm³/mol. The molecule has 0 atom stereocenters. The topological polar surface area (TPSA) is 20.3 Å². The van der Waals surface area contributed by atoms with Gasteiger partial charge in [0.25, 0.3) is 0 Å². The van der Waals surface area contributed by atoms with Crippen molar-refractivity contribution in [2.75, 3.05) is 13.1 Å². The van der Waals surface area contributed by atoms with Crippen LogP contribution in [0.3, 0.4) is 0 Å². The van der Waals surface area contributed by atoms with Crippen molar-refractivity contribution in [1.82, 2.24) is 4.90 Å². The van der Waals surface area contributed by atoms with Crippen LogP contribution in [0.5, 0.6) is 0 Å². The van der Waals surface area contributed by atoms with Gasteiger partial charge in [0.15, 0.2) is 0 Å². The molecule has 1 amide bonds. The van der Waals surface area contributed by atoms with Gasteiger partial charge in [0, 0.05) is 23.7 Å². The average molecular weight is 226 g/mol. The second-order valence-electron chi connectivity index (χ2n) is 4.16. The van der Waals surface area contributed by atoms with Gasteiger partial charge in [-0.15, -0.1) is 0 Å². The van der Waals surface area contributed by atoms with Gasteiger partial charge in [0.1, 0.15) is 0 Å². The molecule has 0 saturated carbocycles. The number of rotatable bonds is 1. The number of halogens is 1. The molecule has 0 radical (unpaired) electrons. The Morgan fingerprint density at radius 1 is 1.13 bits per heavy atom. The number of amides is 1. The van der Waals surface area contributed by atoms with Crippen molar-refractivity contribution in [3.05, 3.63) is 22.8 Å². The Hall–Kier alpha value is -0.760. The van der Waals surface area contributed by atoms with Crippen LogP contribution >= 0.6 is 11.6 Å². The average Bonchev–Trinajstić information content (AvgIpc) is 2.30. The summed E-state index contributed by atoms with van der Waals surface area (Å²) in [5, 5.41) is 0.852. The predicted octanol–water partition coefficient (Wildman–Crippen LogP) is 2.84. The molecular formula is C12H16ClNO. The zero-order valence-corrected chi connectivity index (χ0v) is 9.59. The monoisotopic (exact) mass is 225 g/mol. The Bertz CT molecular complexity index is 314. The van der Waals surface area contributed by atoms with Crippen LogP contribution in [0, 0.1) is 0 Å². The summed E-state index contributed by atoms with van der Waals surface area (Å²) in [5.74, 6) is 0.218. The van der Waals surface area contributed by atoms with Gasteiger partial charge in [-0.1, -0.05) is 17.7 Å². The molecule has 0 aromatic carbocycles. The van der Waals surface area contributed by atoms with Crippen molar-refractivity contribution in [2.24, 2.45) is 0 Å². The lowest BCUT2D eigenvalue weighted by atomic mass is 10.0. The Morgan fingerprint density at radius 3 is 2.47 bits per heavy atom. The standard InChI is InChI=1S/C12H16ClNO/c13-11-6-4-10(5-7-11)12(15)14-8-2-1-3-9-14/h4,6H,1-3,5,7-9H2. The molecule has 0 spiro atoms. The van der Waals surface area contributed by atoms with E-state index in [1.807, 2.05) is 17.1 Å². The van der Waals surface area contributed by atoms with Crippen LogP contribution in [0.15, 0.2) is 22.8 Å². The minimum Gasteiger partial charge on any atom is -0.339 e. The van der Waals surface area contributed by atoms with Crippen molar-refractivity contribution in [3.63, 3.8) is 0 Å². The Labute approximate surface area is 95.6 Å². The number of likely N-dealkylation sites (tertiary alicyclic amines) is 1. The Balaban J connectivity index is 2.01. The number of allylic oxidation sites excluding steroid dienone is 3. The first kappa shape index (κ1) is 10.7. The molecule has 15 heavy (non-hydrogen) atoms. The van der Waals surface area contributed by atoms with Crippen molar-refractivity contribution in [2.45, 2.75) is 32.1 Å². The number of piperidine rings is 1. The van der Waals surface area contributed by atoms with E-state index in [1.54, 1.807) is 0 Å². The molecule has 1 saturated heterocycles. The molecule has 0 unspecified atom stereocenters. The summed E-state index contributed by atoms with van der Waals surface area (Å²) in [5.41, 5.74) is 0.918. The lowest BCUT2D eigenvalue weighted by molar-refractivity contribution is -0.128. The van der Waals surface area contributed by atoms with Gasteiger partial charge in [-0.05, 0) is 38.2 Å². The Kier molecular flexibility index (Phi) is 3.47. The molecule has 1 heterocycles. The second-order valence-corrected chi connectivity index (χ2v) is 4.64. The number of nitrogens with zero attached hydrogens (tertiary/aromatic N) is 1. The number of carbonyl (C=O) groups is 1. The molecule has 2 aliphatic rings. The fourth-order valence-corrected chi connectivity index (χ4v) is 2.25. The summed E-state index contributed by atoms with van der Waals surface area (Å²) in [6, 6.07) is 0. The van der Waals surface area contributed by atoms with Crippen LogP contribution in [0.4, 0.5) is 0 Å². The Morgan fingerprint density at radius 2 is 1.87 bits per heavy atom. The normalized spacial score (nSPS) is 22.1. The van der Waals surface area contributed by atoms with Crippen molar-refractivity contribution in [3.8, 4) is 0 Å². The molecule has 1 fully saturated rings. The van der Waals surface area contributed by atoms with Crippen molar-refractivity contribution >= 4 is 17.5 Å². The highest BCUT2D eigenvalue weighted by Gasteiger charge is 2.20. The van der Waals surface area contributed by atoms with Crippen LogP contribution in [0.25, 0.3) is 0 Å². The van der Waals surface area contributed by atoms with E-state index in [0.717, 1.165) is 49.4 Å². The molecule has 1 aliphatic heterocycles. The van der Waals surface area contributed by atoms with E-state index in [0.29, 0.717) is 0 Å². The lowest BCUT2D eigenvalue weighted by Gasteiger charge is -2.28. The van der Waals surface area contributed by atoms with Gasteiger partial charge in [-0.3, -0.25) is 4.79 Å². The van der Waals surface area contributed by atoms with E-state index in [4.69, 9.17) is 11.6 Å². The van der Waals surface area contributed by atoms with Gasteiger partial charge in [-0.25, -0.2) is 0 Å². The SMILES string of the molecule is O=C(C1=CC=C(Cl)CC1)N1CCCCC1. The van der Waals surface area contributed by atoms with Crippen molar-refractivity contribution in [1.29, 1.82) is 0 Å². The molecule has 0 bridgehead atoms. The van der Waals surface area contributed by atoms with Gasteiger partial charge >= 0.3 is 0 Å². The summed E-state index contributed by atoms with van der Waals surface area (Å²) < 4.78 is 0. The third-order valence-corrected chi connectivity index (χ3v) is 3.33. The number of hydrogen-bond donors (Lipinski definition) is 0. The zero-order chi connectivity index (χ0) is 10.7. The van der Waals surface area contributed by atoms with Crippen LogP contribution in [-0.4, -0.2) is 23.9 Å². The minimum absolute atomic E-state index is 0.218. The maximum absolute atomic E-state index is 12.0. The highest BCUT2D eigenvalue weighted by atomic mass is 35.5. The quantitative estimate of drug-likeness (QED) is 0.672. The molecule has 1 aliphatic carbocycles. The minimum atomic E-state index is 0.218. The third kappa shape index (κ3) is 2.63. The fraction of sp³-hybridized carbons (Fsp3) is 0.583. The van der Waals surface area contributed by atoms with E-state index in [1.165, 1.54) is 6.42 Å². The summed E-state index contributed by atoms with van der Waals surface area (Å²) in [4.78, 5) is 14.0. The second kappa shape index (κ2) is 4.84. The fourth-order valence-electron chi connectivity index (χ4n) is 2.09. The molecule has 3 heteroatoms. The number of hydrogen-bond acceptors (Lipinski definition) is 1. The molecule has 2 nitrogen and oxygen atoms in total. The summed E-state index contributed by atoms with van der Waals surface area (Å²) in [6.07, 6.45) is 8.89.